The Kier molecular flexibility index (Phi) is 10.2. The average molecular weight is 497 g/mol. The standard InChI is InChI=1S/C30H48N4O2/c1-3-27(25-13-5-4-6-14-25)30(36)34-22-20-33(21-23-34)28(26-15-7-8-16-26)29(35)31-17-11-19-32-18-10-9-12-24(32)2/h4-6,13-14,24,26-28H,3,7-12,15-23H2,1-2H3,(H,31,35). The van der Waals surface area contributed by atoms with E-state index in [0.717, 1.165) is 57.4 Å². The molecule has 3 aliphatic rings. The van der Waals surface area contributed by atoms with Crippen molar-refractivity contribution in [3.05, 3.63) is 35.9 Å². The van der Waals surface area contributed by atoms with Crippen molar-refractivity contribution in [1.29, 1.82) is 0 Å². The fourth-order valence-electron chi connectivity index (χ4n) is 6.72. The Morgan fingerprint density at radius 3 is 2.31 bits per heavy atom. The highest BCUT2D eigenvalue weighted by Gasteiger charge is 2.38. The van der Waals surface area contributed by atoms with E-state index in [1.807, 2.05) is 23.1 Å². The Morgan fingerprint density at radius 1 is 0.944 bits per heavy atom. The summed E-state index contributed by atoms with van der Waals surface area (Å²) in [4.78, 5) is 33.8. The minimum atomic E-state index is -0.0747. The van der Waals surface area contributed by atoms with Gasteiger partial charge in [0.15, 0.2) is 0 Å². The van der Waals surface area contributed by atoms with E-state index in [4.69, 9.17) is 0 Å². The molecule has 2 saturated heterocycles. The van der Waals surface area contributed by atoms with Gasteiger partial charge < -0.3 is 15.1 Å². The molecular weight excluding hydrogens is 448 g/mol. The lowest BCUT2D eigenvalue weighted by Crippen LogP contribution is -2.58. The van der Waals surface area contributed by atoms with Gasteiger partial charge in [0.25, 0.3) is 0 Å². The number of piperazine rings is 1. The molecule has 6 heteroatoms. The minimum Gasteiger partial charge on any atom is -0.355 e. The van der Waals surface area contributed by atoms with Gasteiger partial charge in [-0.05, 0) is 63.5 Å². The fourth-order valence-corrected chi connectivity index (χ4v) is 6.72. The van der Waals surface area contributed by atoms with Crippen LogP contribution in [0.15, 0.2) is 30.3 Å². The van der Waals surface area contributed by atoms with Gasteiger partial charge in [0.2, 0.25) is 11.8 Å². The molecule has 1 aliphatic carbocycles. The molecule has 4 rings (SSSR count). The molecule has 3 fully saturated rings. The SMILES string of the molecule is CCC(C(=O)N1CCN(C(C(=O)NCCCN2CCCCC2C)C2CCCC2)CC1)c1ccccc1. The summed E-state index contributed by atoms with van der Waals surface area (Å²) in [6.45, 7) is 10.5. The normalized spacial score (nSPS) is 23.9. The molecule has 1 aromatic rings. The third kappa shape index (κ3) is 6.89. The summed E-state index contributed by atoms with van der Waals surface area (Å²) in [5.41, 5.74) is 1.11. The number of benzene rings is 1. The number of rotatable bonds is 10. The summed E-state index contributed by atoms with van der Waals surface area (Å²) in [6, 6.07) is 10.8. The van der Waals surface area contributed by atoms with Gasteiger partial charge in [-0.1, -0.05) is 56.5 Å². The van der Waals surface area contributed by atoms with Crippen LogP contribution < -0.4 is 5.32 Å². The molecule has 36 heavy (non-hydrogen) atoms. The van der Waals surface area contributed by atoms with E-state index in [2.05, 4.69) is 41.1 Å². The van der Waals surface area contributed by atoms with E-state index in [9.17, 15) is 9.59 Å². The van der Waals surface area contributed by atoms with Crippen molar-refractivity contribution < 1.29 is 9.59 Å². The number of hydrogen-bond acceptors (Lipinski definition) is 4. The Hall–Kier alpha value is -1.92. The molecule has 0 radical (unpaired) electrons. The summed E-state index contributed by atoms with van der Waals surface area (Å²) in [5.74, 6) is 0.817. The number of amides is 2. The van der Waals surface area contributed by atoms with Gasteiger partial charge in [-0.3, -0.25) is 14.5 Å². The van der Waals surface area contributed by atoms with Crippen molar-refractivity contribution in [1.82, 2.24) is 20.0 Å². The van der Waals surface area contributed by atoms with Crippen LogP contribution in [0.25, 0.3) is 0 Å². The fraction of sp³-hybridized carbons (Fsp3) is 0.733. The van der Waals surface area contributed by atoms with Crippen LogP contribution >= 0.6 is 0 Å². The molecule has 2 amide bonds. The van der Waals surface area contributed by atoms with Crippen molar-refractivity contribution in [3.63, 3.8) is 0 Å². The molecule has 0 spiro atoms. The van der Waals surface area contributed by atoms with E-state index >= 15 is 0 Å². The van der Waals surface area contributed by atoms with Gasteiger partial charge in [0.05, 0.1) is 12.0 Å². The second-order valence-electron chi connectivity index (χ2n) is 11.2. The van der Waals surface area contributed by atoms with Gasteiger partial charge in [-0.25, -0.2) is 0 Å². The zero-order valence-electron chi connectivity index (χ0n) is 22.7. The monoisotopic (exact) mass is 496 g/mol. The molecule has 1 N–H and O–H groups in total. The Bertz CT molecular complexity index is 817. The first-order valence-electron chi connectivity index (χ1n) is 14.7. The molecule has 0 bridgehead atoms. The molecule has 3 unspecified atom stereocenters. The van der Waals surface area contributed by atoms with Crippen LogP contribution in [0.3, 0.4) is 0 Å². The highest BCUT2D eigenvalue weighted by Crippen LogP contribution is 2.31. The molecule has 6 nitrogen and oxygen atoms in total. The van der Waals surface area contributed by atoms with Gasteiger partial charge >= 0.3 is 0 Å². The quantitative estimate of drug-likeness (QED) is 0.492. The summed E-state index contributed by atoms with van der Waals surface area (Å²) in [5, 5.41) is 3.31. The topological polar surface area (TPSA) is 55.9 Å². The molecule has 0 aromatic heterocycles. The van der Waals surface area contributed by atoms with Crippen molar-refractivity contribution >= 4 is 11.8 Å². The number of piperidine rings is 1. The predicted octanol–water partition coefficient (Wildman–Crippen LogP) is 4.26. The molecule has 200 valence electrons. The molecule has 3 atom stereocenters. The van der Waals surface area contributed by atoms with Crippen LogP contribution in [0, 0.1) is 5.92 Å². The summed E-state index contributed by atoms with van der Waals surface area (Å²) in [6.07, 6.45) is 10.5. The van der Waals surface area contributed by atoms with Crippen LogP contribution in [-0.2, 0) is 9.59 Å². The second kappa shape index (κ2) is 13.6. The lowest BCUT2D eigenvalue weighted by molar-refractivity contribution is -0.136. The maximum atomic E-state index is 13.5. The van der Waals surface area contributed by atoms with Crippen molar-refractivity contribution in [3.8, 4) is 0 Å². The van der Waals surface area contributed by atoms with Crippen molar-refractivity contribution in [2.45, 2.75) is 89.6 Å². The van der Waals surface area contributed by atoms with E-state index in [-0.39, 0.29) is 23.8 Å². The highest BCUT2D eigenvalue weighted by atomic mass is 16.2. The highest BCUT2D eigenvalue weighted by molar-refractivity contribution is 5.84. The third-order valence-electron chi connectivity index (χ3n) is 8.90. The Balaban J connectivity index is 1.29. The predicted molar refractivity (Wildman–Crippen MR) is 146 cm³/mol. The number of carbonyl (C=O) groups excluding carboxylic acids is 2. The van der Waals surface area contributed by atoms with Gasteiger partial charge in [0, 0.05) is 45.3 Å². The zero-order valence-corrected chi connectivity index (χ0v) is 22.7. The van der Waals surface area contributed by atoms with Gasteiger partial charge in [-0.2, -0.15) is 0 Å². The number of carbonyl (C=O) groups is 2. The van der Waals surface area contributed by atoms with Gasteiger partial charge in [0.1, 0.15) is 0 Å². The summed E-state index contributed by atoms with van der Waals surface area (Å²) < 4.78 is 0. The van der Waals surface area contributed by atoms with E-state index in [1.54, 1.807) is 0 Å². The molecule has 1 aromatic carbocycles. The van der Waals surface area contributed by atoms with Crippen LogP contribution in [0.4, 0.5) is 0 Å². The first kappa shape index (κ1) is 27.1. The van der Waals surface area contributed by atoms with E-state index in [1.165, 1.54) is 38.6 Å². The largest absolute Gasteiger partial charge is 0.355 e. The molecule has 2 aliphatic heterocycles. The Labute approximate surface area is 218 Å². The van der Waals surface area contributed by atoms with Crippen molar-refractivity contribution in [2.24, 2.45) is 5.92 Å². The molecule has 2 heterocycles. The van der Waals surface area contributed by atoms with Gasteiger partial charge in [-0.15, -0.1) is 0 Å². The Morgan fingerprint density at radius 2 is 1.64 bits per heavy atom. The zero-order chi connectivity index (χ0) is 25.3. The number of likely N-dealkylation sites (tertiary alicyclic amines) is 1. The van der Waals surface area contributed by atoms with Crippen LogP contribution in [0.1, 0.15) is 83.1 Å². The van der Waals surface area contributed by atoms with E-state index < -0.39 is 0 Å². The van der Waals surface area contributed by atoms with Crippen LogP contribution in [0.5, 0.6) is 0 Å². The lowest BCUT2D eigenvalue weighted by atomic mass is 9.93. The van der Waals surface area contributed by atoms with E-state index in [0.29, 0.717) is 25.0 Å². The van der Waals surface area contributed by atoms with Crippen molar-refractivity contribution in [2.75, 3.05) is 45.8 Å². The number of hydrogen-bond donors (Lipinski definition) is 1. The minimum absolute atomic E-state index is 0.0465. The smallest absolute Gasteiger partial charge is 0.237 e. The van der Waals surface area contributed by atoms with Crippen LogP contribution in [-0.4, -0.2) is 84.4 Å². The second-order valence-corrected chi connectivity index (χ2v) is 11.2. The lowest BCUT2D eigenvalue weighted by Gasteiger charge is -2.41. The number of nitrogens with one attached hydrogen (secondary N) is 1. The molecule has 1 saturated carbocycles. The maximum absolute atomic E-state index is 13.5. The third-order valence-corrected chi connectivity index (χ3v) is 8.90. The molecular formula is C30H48N4O2. The summed E-state index contributed by atoms with van der Waals surface area (Å²) in [7, 11) is 0. The average Bonchev–Trinajstić information content (AvgIpc) is 3.43. The van der Waals surface area contributed by atoms with Crippen LogP contribution in [0.2, 0.25) is 0 Å². The summed E-state index contributed by atoms with van der Waals surface area (Å²) >= 11 is 0. The maximum Gasteiger partial charge on any atom is 0.237 e. The number of nitrogens with zero attached hydrogens (tertiary/aromatic N) is 3. The first-order chi connectivity index (χ1) is 17.6. The first-order valence-corrected chi connectivity index (χ1v) is 14.7.